The lowest BCUT2D eigenvalue weighted by molar-refractivity contribution is 0.620. The molecule has 1 heterocycles. The smallest absolute Gasteiger partial charge is 0.227 e. The second kappa shape index (κ2) is 5.19. The largest absolute Gasteiger partial charge is 0.436 e. The van der Waals surface area contributed by atoms with Gasteiger partial charge >= 0.3 is 0 Å². The van der Waals surface area contributed by atoms with Gasteiger partial charge in [0.25, 0.3) is 0 Å². The molecule has 0 aliphatic heterocycles. The average molecular weight is 320 g/mol. The standard InChI is InChI=1S/C22H12N2O/c23-13-17-12-20-21(19-8-4-3-7-18(17)19)24-22(25-20)16-10-9-14-5-1-2-6-15(14)11-16/h1-12H. The van der Waals surface area contributed by atoms with Gasteiger partial charge in [-0.2, -0.15) is 5.26 Å². The Hall–Kier alpha value is -3.64. The van der Waals surface area contributed by atoms with Crippen molar-refractivity contribution >= 4 is 32.6 Å². The number of hydrogen-bond acceptors (Lipinski definition) is 3. The van der Waals surface area contributed by atoms with Gasteiger partial charge in [-0.1, -0.05) is 54.6 Å². The fourth-order valence-corrected chi connectivity index (χ4v) is 3.29. The Labute approximate surface area is 143 Å². The molecule has 5 aromatic rings. The fraction of sp³-hybridized carbons (Fsp3) is 0. The highest BCUT2D eigenvalue weighted by molar-refractivity contribution is 6.06. The quantitative estimate of drug-likeness (QED) is 0.399. The predicted molar refractivity (Wildman–Crippen MR) is 99.2 cm³/mol. The Morgan fingerprint density at radius 2 is 1.56 bits per heavy atom. The normalized spacial score (nSPS) is 11.2. The summed E-state index contributed by atoms with van der Waals surface area (Å²) in [6, 6.07) is 26.2. The van der Waals surface area contributed by atoms with Gasteiger partial charge in [0, 0.05) is 22.4 Å². The zero-order chi connectivity index (χ0) is 16.8. The van der Waals surface area contributed by atoms with Crippen molar-refractivity contribution in [3.8, 4) is 17.5 Å². The molecular weight excluding hydrogens is 308 g/mol. The van der Waals surface area contributed by atoms with E-state index in [1.165, 1.54) is 5.39 Å². The number of aromatic nitrogens is 1. The number of nitriles is 1. The maximum atomic E-state index is 9.43. The van der Waals surface area contributed by atoms with Crippen LogP contribution >= 0.6 is 0 Å². The molecule has 0 unspecified atom stereocenters. The minimum atomic E-state index is 0.570. The van der Waals surface area contributed by atoms with Crippen LogP contribution in [0.5, 0.6) is 0 Å². The molecule has 0 saturated heterocycles. The molecule has 0 amide bonds. The van der Waals surface area contributed by atoms with Crippen LogP contribution in [0, 0.1) is 11.3 Å². The van der Waals surface area contributed by atoms with Crippen molar-refractivity contribution in [1.29, 1.82) is 5.26 Å². The van der Waals surface area contributed by atoms with Crippen LogP contribution in [0.25, 0.3) is 44.1 Å². The molecular formula is C22H12N2O. The lowest BCUT2D eigenvalue weighted by Crippen LogP contribution is -1.82. The fourth-order valence-electron chi connectivity index (χ4n) is 3.29. The summed E-state index contributed by atoms with van der Waals surface area (Å²) in [5, 5.41) is 13.6. The molecule has 0 N–H and O–H groups in total. The maximum absolute atomic E-state index is 9.43. The zero-order valence-corrected chi connectivity index (χ0v) is 13.2. The van der Waals surface area contributed by atoms with E-state index >= 15 is 0 Å². The first-order valence-corrected chi connectivity index (χ1v) is 8.05. The van der Waals surface area contributed by atoms with E-state index in [0.29, 0.717) is 17.0 Å². The van der Waals surface area contributed by atoms with Gasteiger partial charge in [-0.25, -0.2) is 4.98 Å². The monoisotopic (exact) mass is 320 g/mol. The molecule has 0 spiro atoms. The van der Waals surface area contributed by atoms with Crippen LogP contribution in [-0.4, -0.2) is 4.98 Å². The summed E-state index contributed by atoms with van der Waals surface area (Å²) in [6.07, 6.45) is 0. The van der Waals surface area contributed by atoms with E-state index in [1.54, 1.807) is 6.07 Å². The van der Waals surface area contributed by atoms with Crippen molar-refractivity contribution in [2.45, 2.75) is 0 Å². The Kier molecular flexibility index (Phi) is 2.86. The molecule has 0 radical (unpaired) electrons. The van der Waals surface area contributed by atoms with Gasteiger partial charge < -0.3 is 4.42 Å². The van der Waals surface area contributed by atoms with Gasteiger partial charge in [0.15, 0.2) is 5.58 Å². The highest BCUT2D eigenvalue weighted by Gasteiger charge is 2.14. The minimum absolute atomic E-state index is 0.570. The first-order chi connectivity index (χ1) is 12.3. The lowest BCUT2D eigenvalue weighted by atomic mass is 10.0. The average Bonchev–Trinajstić information content (AvgIpc) is 3.11. The molecule has 0 fully saturated rings. The van der Waals surface area contributed by atoms with Crippen LogP contribution in [0.1, 0.15) is 5.56 Å². The van der Waals surface area contributed by atoms with Gasteiger partial charge in [-0.15, -0.1) is 0 Å². The molecule has 0 bridgehead atoms. The summed E-state index contributed by atoms with van der Waals surface area (Å²) in [5.41, 5.74) is 2.96. The van der Waals surface area contributed by atoms with Gasteiger partial charge in [-0.05, 0) is 22.9 Å². The molecule has 5 rings (SSSR count). The van der Waals surface area contributed by atoms with Gasteiger partial charge in [-0.3, -0.25) is 0 Å². The first-order valence-electron chi connectivity index (χ1n) is 8.05. The van der Waals surface area contributed by atoms with E-state index in [1.807, 2.05) is 42.5 Å². The number of benzene rings is 4. The third kappa shape index (κ3) is 2.09. The molecule has 3 heteroatoms. The zero-order valence-electron chi connectivity index (χ0n) is 13.2. The molecule has 0 saturated carbocycles. The van der Waals surface area contributed by atoms with E-state index in [0.717, 1.165) is 27.2 Å². The Bertz CT molecular complexity index is 1310. The van der Waals surface area contributed by atoms with E-state index in [9.17, 15) is 5.26 Å². The van der Waals surface area contributed by atoms with Crippen molar-refractivity contribution in [2.75, 3.05) is 0 Å². The van der Waals surface area contributed by atoms with Crippen LogP contribution in [0.4, 0.5) is 0 Å². The summed E-state index contributed by atoms with van der Waals surface area (Å²) < 4.78 is 5.99. The minimum Gasteiger partial charge on any atom is -0.436 e. The SMILES string of the molecule is N#Cc1cc2oc(-c3ccc4ccccc4c3)nc2c2ccccc12. The molecule has 25 heavy (non-hydrogen) atoms. The van der Waals surface area contributed by atoms with E-state index < -0.39 is 0 Å². The molecule has 1 aromatic heterocycles. The van der Waals surface area contributed by atoms with Gasteiger partial charge in [0.2, 0.25) is 5.89 Å². The lowest BCUT2D eigenvalue weighted by Gasteiger charge is -1.99. The predicted octanol–water partition coefficient (Wildman–Crippen LogP) is 5.67. The van der Waals surface area contributed by atoms with Crippen molar-refractivity contribution < 1.29 is 4.42 Å². The van der Waals surface area contributed by atoms with Gasteiger partial charge in [0.05, 0.1) is 11.6 Å². The van der Waals surface area contributed by atoms with Crippen LogP contribution in [0.2, 0.25) is 0 Å². The Morgan fingerprint density at radius 3 is 2.40 bits per heavy atom. The highest BCUT2D eigenvalue weighted by Crippen LogP contribution is 2.32. The van der Waals surface area contributed by atoms with Crippen LogP contribution < -0.4 is 0 Å². The van der Waals surface area contributed by atoms with E-state index in [-0.39, 0.29) is 0 Å². The summed E-state index contributed by atoms with van der Waals surface area (Å²) in [6.45, 7) is 0. The van der Waals surface area contributed by atoms with Crippen LogP contribution in [0.3, 0.4) is 0 Å². The van der Waals surface area contributed by atoms with Crippen molar-refractivity contribution in [3.05, 3.63) is 78.4 Å². The number of fused-ring (bicyclic) bond motifs is 4. The summed E-state index contributed by atoms with van der Waals surface area (Å²) >= 11 is 0. The number of oxazole rings is 1. The number of hydrogen-bond donors (Lipinski definition) is 0. The Morgan fingerprint density at radius 1 is 0.800 bits per heavy atom. The molecule has 0 atom stereocenters. The van der Waals surface area contributed by atoms with Crippen LogP contribution in [0.15, 0.2) is 77.2 Å². The summed E-state index contributed by atoms with van der Waals surface area (Å²) in [5.74, 6) is 0.570. The summed E-state index contributed by atoms with van der Waals surface area (Å²) in [4.78, 5) is 4.72. The summed E-state index contributed by atoms with van der Waals surface area (Å²) in [7, 11) is 0. The third-order valence-corrected chi connectivity index (χ3v) is 4.52. The molecule has 0 aliphatic rings. The topological polar surface area (TPSA) is 49.8 Å². The second-order valence-electron chi connectivity index (χ2n) is 6.01. The van der Waals surface area contributed by atoms with Crippen molar-refractivity contribution in [2.24, 2.45) is 0 Å². The van der Waals surface area contributed by atoms with E-state index in [4.69, 9.17) is 9.40 Å². The van der Waals surface area contributed by atoms with Crippen molar-refractivity contribution in [3.63, 3.8) is 0 Å². The molecule has 0 aliphatic carbocycles. The first kappa shape index (κ1) is 13.8. The molecule has 116 valence electrons. The number of rotatable bonds is 1. The van der Waals surface area contributed by atoms with Crippen LogP contribution in [-0.2, 0) is 0 Å². The highest BCUT2D eigenvalue weighted by atomic mass is 16.3. The van der Waals surface area contributed by atoms with E-state index in [2.05, 4.69) is 30.3 Å². The van der Waals surface area contributed by atoms with Crippen molar-refractivity contribution in [1.82, 2.24) is 4.98 Å². The molecule has 4 aromatic carbocycles. The second-order valence-corrected chi connectivity index (χ2v) is 6.01. The maximum Gasteiger partial charge on any atom is 0.227 e. The number of nitrogens with zero attached hydrogens (tertiary/aromatic N) is 2. The van der Waals surface area contributed by atoms with Gasteiger partial charge in [0.1, 0.15) is 5.52 Å². The third-order valence-electron chi connectivity index (χ3n) is 4.52. The molecule has 3 nitrogen and oxygen atoms in total. The Balaban J connectivity index is 1.79.